The van der Waals surface area contributed by atoms with E-state index < -0.39 is 11.5 Å². The Labute approximate surface area is 96.4 Å². The minimum Gasteiger partial charge on any atom is -0.365 e. The number of nitrogens with two attached hydrogens (primary N) is 1. The van der Waals surface area contributed by atoms with E-state index in [4.69, 9.17) is 10.3 Å². The highest BCUT2D eigenvalue weighted by Gasteiger charge is 2.14. The molecule has 6 nitrogen and oxygen atoms in total. The molecule has 2 heterocycles. The third kappa shape index (κ3) is 1.96. The van der Waals surface area contributed by atoms with Gasteiger partial charge in [0.15, 0.2) is 5.76 Å². The zero-order valence-electron chi connectivity index (χ0n) is 9.40. The maximum Gasteiger partial charge on any atom is 0.261 e. The first-order valence-electron chi connectivity index (χ1n) is 4.96. The molecule has 6 heteroatoms. The van der Waals surface area contributed by atoms with Gasteiger partial charge >= 0.3 is 0 Å². The molecule has 1 amide bonds. The van der Waals surface area contributed by atoms with Gasteiger partial charge < -0.3 is 15.2 Å². The molecule has 0 fully saturated rings. The Morgan fingerprint density at radius 1 is 1.41 bits per heavy atom. The average molecular weight is 233 g/mol. The number of aryl methyl sites for hydroxylation is 2. The number of aromatic amines is 1. The van der Waals surface area contributed by atoms with Crippen LogP contribution in [0.4, 0.5) is 0 Å². The van der Waals surface area contributed by atoms with Crippen LogP contribution in [0, 0.1) is 13.8 Å². The summed E-state index contributed by atoms with van der Waals surface area (Å²) < 4.78 is 5.08. The standard InChI is InChI=1S/C11H11N3O3/c1-5-3-9(17-14-5)7-4-8(10(12)15)11(16)13-6(7)2/h3-4H,1-2H3,(H2,12,15)(H,13,16). The molecule has 0 spiro atoms. The Balaban J connectivity index is 2.66. The highest BCUT2D eigenvalue weighted by Crippen LogP contribution is 2.22. The monoisotopic (exact) mass is 233 g/mol. The van der Waals surface area contributed by atoms with E-state index in [9.17, 15) is 9.59 Å². The van der Waals surface area contributed by atoms with Crippen LogP contribution in [0.15, 0.2) is 21.5 Å². The predicted octanol–water partition coefficient (Wildman–Crippen LogP) is 0.746. The predicted molar refractivity (Wildman–Crippen MR) is 60.6 cm³/mol. The third-order valence-corrected chi connectivity index (χ3v) is 2.40. The lowest BCUT2D eigenvalue weighted by Gasteiger charge is -2.03. The highest BCUT2D eigenvalue weighted by atomic mass is 16.5. The van der Waals surface area contributed by atoms with Crippen molar-refractivity contribution in [3.63, 3.8) is 0 Å². The zero-order chi connectivity index (χ0) is 12.6. The molecule has 0 saturated carbocycles. The van der Waals surface area contributed by atoms with Gasteiger partial charge in [0.05, 0.1) is 5.69 Å². The topological polar surface area (TPSA) is 102 Å². The van der Waals surface area contributed by atoms with Crippen LogP contribution in [0.2, 0.25) is 0 Å². The van der Waals surface area contributed by atoms with Crippen LogP contribution in [0.5, 0.6) is 0 Å². The molecular weight excluding hydrogens is 222 g/mol. The number of rotatable bonds is 2. The second kappa shape index (κ2) is 3.89. The van der Waals surface area contributed by atoms with E-state index in [1.165, 1.54) is 6.07 Å². The summed E-state index contributed by atoms with van der Waals surface area (Å²) in [6.45, 7) is 3.49. The molecule has 88 valence electrons. The van der Waals surface area contributed by atoms with Crippen molar-refractivity contribution in [2.45, 2.75) is 13.8 Å². The first-order valence-corrected chi connectivity index (χ1v) is 4.96. The Morgan fingerprint density at radius 3 is 2.65 bits per heavy atom. The van der Waals surface area contributed by atoms with Crippen LogP contribution in [-0.2, 0) is 0 Å². The van der Waals surface area contributed by atoms with E-state index in [2.05, 4.69) is 10.1 Å². The van der Waals surface area contributed by atoms with E-state index in [-0.39, 0.29) is 5.56 Å². The number of amides is 1. The Hall–Kier alpha value is -2.37. The van der Waals surface area contributed by atoms with Crippen LogP contribution >= 0.6 is 0 Å². The summed E-state index contributed by atoms with van der Waals surface area (Å²) in [5, 5.41) is 3.75. The van der Waals surface area contributed by atoms with Crippen molar-refractivity contribution >= 4 is 5.91 Å². The zero-order valence-corrected chi connectivity index (χ0v) is 9.40. The Morgan fingerprint density at radius 2 is 2.12 bits per heavy atom. The fourth-order valence-electron chi connectivity index (χ4n) is 1.55. The van der Waals surface area contributed by atoms with Crippen molar-refractivity contribution in [3.05, 3.63) is 39.4 Å². The largest absolute Gasteiger partial charge is 0.365 e. The first-order chi connectivity index (χ1) is 7.99. The lowest BCUT2D eigenvalue weighted by molar-refractivity contribution is 0.0999. The number of carbonyl (C=O) groups is 1. The number of nitrogens with one attached hydrogen (secondary N) is 1. The van der Waals surface area contributed by atoms with Crippen molar-refractivity contribution < 1.29 is 9.32 Å². The van der Waals surface area contributed by atoms with Gasteiger partial charge in [-0.1, -0.05) is 5.16 Å². The number of nitrogens with zero attached hydrogens (tertiary/aromatic N) is 1. The van der Waals surface area contributed by atoms with Gasteiger partial charge in [0.2, 0.25) is 0 Å². The van der Waals surface area contributed by atoms with Gasteiger partial charge in [-0.3, -0.25) is 9.59 Å². The minimum absolute atomic E-state index is 0.0975. The third-order valence-electron chi connectivity index (χ3n) is 2.40. The fraction of sp³-hybridized carbons (Fsp3) is 0.182. The summed E-state index contributed by atoms with van der Waals surface area (Å²) in [4.78, 5) is 25.1. The van der Waals surface area contributed by atoms with Crippen molar-refractivity contribution in [3.8, 4) is 11.3 Å². The van der Waals surface area contributed by atoms with Crippen LogP contribution in [0.25, 0.3) is 11.3 Å². The van der Waals surface area contributed by atoms with Gasteiger partial charge in [0.1, 0.15) is 5.56 Å². The summed E-state index contributed by atoms with van der Waals surface area (Å²) in [5.74, 6) is -0.289. The van der Waals surface area contributed by atoms with E-state index >= 15 is 0 Å². The summed E-state index contributed by atoms with van der Waals surface area (Å²) in [5.41, 5.74) is 6.41. The number of hydrogen-bond acceptors (Lipinski definition) is 4. The molecule has 2 rings (SSSR count). The van der Waals surface area contributed by atoms with Gasteiger partial charge in [0.25, 0.3) is 11.5 Å². The molecule has 0 radical (unpaired) electrons. The summed E-state index contributed by atoms with van der Waals surface area (Å²) >= 11 is 0. The SMILES string of the molecule is Cc1cc(-c2cc(C(N)=O)c(=O)[nH]c2C)on1. The number of aromatic nitrogens is 2. The summed E-state index contributed by atoms with van der Waals surface area (Å²) in [6, 6.07) is 3.13. The van der Waals surface area contributed by atoms with Crippen LogP contribution in [0.1, 0.15) is 21.7 Å². The summed E-state index contributed by atoms with van der Waals surface area (Å²) in [7, 11) is 0. The normalized spacial score (nSPS) is 10.5. The number of hydrogen-bond donors (Lipinski definition) is 2. The minimum atomic E-state index is -0.774. The van der Waals surface area contributed by atoms with E-state index in [0.717, 1.165) is 0 Å². The molecule has 2 aromatic heterocycles. The number of carbonyl (C=O) groups excluding carboxylic acids is 1. The first kappa shape index (κ1) is 11.1. The second-order valence-electron chi connectivity index (χ2n) is 3.75. The quantitative estimate of drug-likeness (QED) is 0.798. The molecule has 0 aliphatic carbocycles. The smallest absolute Gasteiger partial charge is 0.261 e. The lowest BCUT2D eigenvalue weighted by atomic mass is 10.1. The molecule has 0 aliphatic heterocycles. The van der Waals surface area contributed by atoms with Gasteiger partial charge in [-0.25, -0.2) is 0 Å². The molecule has 17 heavy (non-hydrogen) atoms. The molecule has 0 unspecified atom stereocenters. The Bertz CT molecular complexity index is 640. The molecule has 2 aromatic rings. The van der Waals surface area contributed by atoms with Gasteiger partial charge in [-0.05, 0) is 19.9 Å². The van der Waals surface area contributed by atoms with Gasteiger partial charge in [-0.15, -0.1) is 0 Å². The molecule has 3 N–H and O–H groups in total. The molecule has 0 aromatic carbocycles. The lowest BCUT2D eigenvalue weighted by Crippen LogP contribution is -2.24. The number of H-pyrrole nitrogens is 1. The molecule has 0 atom stereocenters. The number of pyridine rings is 1. The maximum absolute atomic E-state index is 11.5. The van der Waals surface area contributed by atoms with Crippen molar-refractivity contribution in [1.82, 2.24) is 10.1 Å². The van der Waals surface area contributed by atoms with Gasteiger partial charge in [0, 0.05) is 17.3 Å². The van der Waals surface area contributed by atoms with Crippen molar-refractivity contribution in [2.75, 3.05) is 0 Å². The summed E-state index contributed by atoms with van der Waals surface area (Å²) in [6.07, 6.45) is 0. The molecule has 0 bridgehead atoms. The van der Waals surface area contributed by atoms with E-state index in [0.29, 0.717) is 22.7 Å². The van der Waals surface area contributed by atoms with Crippen LogP contribution in [-0.4, -0.2) is 16.0 Å². The maximum atomic E-state index is 11.5. The Kier molecular flexibility index (Phi) is 2.55. The second-order valence-corrected chi connectivity index (χ2v) is 3.75. The van der Waals surface area contributed by atoms with Crippen molar-refractivity contribution in [1.29, 1.82) is 0 Å². The van der Waals surface area contributed by atoms with E-state index in [1.807, 2.05) is 0 Å². The molecular formula is C11H11N3O3. The van der Waals surface area contributed by atoms with E-state index in [1.54, 1.807) is 19.9 Å². The molecule has 0 saturated heterocycles. The van der Waals surface area contributed by atoms with Crippen LogP contribution < -0.4 is 11.3 Å². The number of primary amides is 1. The van der Waals surface area contributed by atoms with Crippen LogP contribution in [0.3, 0.4) is 0 Å². The highest BCUT2D eigenvalue weighted by molar-refractivity contribution is 5.93. The molecule has 0 aliphatic rings. The fourth-order valence-corrected chi connectivity index (χ4v) is 1.55. The van der Waals surface area contributed by atoms with Crippen molar-refractivity contribution in [2.24, 2.45) is 5.73 Å². The average Bonchev–Trinajstić information content (AvgIpc) is 2.64. The van der Waals surface area contributed by atoms with Gasteiger partial charge in [-0.2, -0.15) is 0 Å².